The molecule has 0 aliphatic carbocycles. The summed E-state index contributed by atoms with van der Waals surface area (Å²) in [4.78, 5) is 0. The molecule has 1 heterocycles. The zero-order valence-corrected chi connectivity index (χ0v) is 12.7. The molecule has 0 unspecified atom stereocenters. The smallest absolute Gasteiger partial charge is 0.124 e. The maximum Gasteiger partial charge on any atom is 0.124 e. The van der Waals surface area contributed by atoms with Gasteiger partial charge in [0.1, 0.15) is 11.3 Å². The van der Waals surface area contributed by atoms with Crippen molar-refractivity contribution in [1.82, 2.24) is 4.57 Å². The number of hydrogen-bond donors (Lipinski definition) is 0. The molecule has 2 rings (SSSR count). The van der Waals surface area contributed by atoms with Crippen LogP contribution in [0.3, 0.4) is 0 Å². The van der Waals surface area contributed by atoms with Crippen LogP contribution in [0, 0.1) is 6.92 Å². The molecule has 2 aromatic rings. The molecule has 0 aliphatic rings. The molecule has 0 amide bonds. The number of hydrogen-bond acceptors (Lipinski definition) is 1. The number of benzene rings is 1. The second-order valence-corrected chi connectivity index (χ2v) is 5.42. The summed E-state index contributed by atoms with van der Waals surface area (Å²) in [6, 6.07) is 12.2. The van der Waals surface area contributed by atoms with E-state index in [1.54, 1.807) is 0 Å². The fraction of sp³-hybridized carbons (Fsp3) is 0.231. The van der Waals surface area contributed by atoms with Crippen molar-refractivity contribution in [2.45, 2.75) is 20.3 Å². The van der Waals surface area contributed by atoms with Crippen molar-refractivity contribution in [2.75, 3.05) is 0 Å². The van der Waals surface area contributed by atoms with E-state index in [0.717, 1.165) is 14.8 Å². The lowest BCUT2D eigenvalue weighted by molar-refractivity contribution is 0.0617. The first-order chi connectivity index (χ1) is 8.18. The van der Waals surface area contributed by atoms with Crippen LogP contribution >= 0.6 is 31.9 Å². The number of rotatable bonds is 4. The van der Waals surface area contributed by atoms with Gasteiger partial charge in [-0.05, 0) is 50.4 Å². The van der Waals surface area contributed by atoms with Crippen LogP contribution in [0.1, 0.15) is 11.3 Å². The summed E-state index contributed by atoms with van der Waals surface area (Å²) >= 11 is 7.00. The van der Waals surface area contributed by atoms with Gasteiger partial charge in [0.15, 0.2) is 0 Å². The molecule has 1 aromatic heterocycles. The quantitative estimate of drug-likeness (QED) is 0.785. The van der Waals surface area contributed by atoms with Crippen LogP contribution in [0.2, 0.25) is 0 Å². The van der Waals surface area contributed by atoms with Gasteiger partial charge in [-0.15, -0.1) is 0 Å². The summed E-state index contributed by atoms with van der Waals surface area (Å²) in [5.41, 5.74) is 2.35. The summed E-state index contributed by atoms with van der Waals surface area (Å²) in [6.45, 7) is 3.23. The minimum absolute atomic E-state index is 0.549. The van der Waals surface area contributed by atoms with E-state index in [4.69, 9.17) is 4.74 Å². The predicted molar refractivity (Wildman–Crippen MR) is 75.8 cm³/mol. The molecular formula is C13H13Br2NO. The third-order valence-corrected chi connectivity index (χ3v) is 4.52. The second kappa shape index (κ2) is 5.85. The minimum Gasteiger partial charge on any atom is -0.356 e. The van der Waals surface area contributed by atoms with Gasteiger partial charge < -0.3 is 9.30 Å². The summed E-state index contributed by atoms with van der Waals surface area (Å²) < 4.78 is 9.84. The average Bonchev–Trinajstić information content (AvgIpc) is 2.57. The van der Waals surface area contributed by atoms with Crippen LogP contribution in [0.15, 0.2) is 45.5 Å². The van der Waals surface area contributed by atoms with Crippen LogP contribution in [-0.4, -0.2) is 4.57 Å². The van der Waals surface area contributed by atoms with Gasteiger partial charge in [0.2, 0.25) is 0 Å². The molecule has 0 radical (unpaired) electrons. The van der Waals surface area contributed by atoms with E-state index < -0.39 is 0 Å². The standard InChI is InChI=1S/C13H13Br2NO/c1-10-7-12(14)13(15)16(10)9-17-8-11-5-3-2-4-6-11/h2-7H,8-9H2,1H3. The van der Waals surface area contributed by atoms with Crippen LogP contribution in [-0.2, 0) is 18.1 Å². The first-order valence-electron chi connectivity index (χ1n) is 5.31. The SMILES string of the molecule is Cc1cc(Br)c(Br)n1COCc1ccccc1. The summed E-state index contributed by atoms with van der Waals surface area (Å²) in [6.07, 6.45) is 0. The Balaban J connectivity index is 1.95. The molecule has 0 N–H and O–H groups in total. The Kier molecular flexibility index (Phi) is 4.42. The molecule has 90 valence electrons. The molecule has 0 bridgehead atoms. The lowest BCUT2D eigenvalue weighted by atomic mass is 10.2. The molecule has 0 atom stereocenters. The summed E-state index contributed by atoms with van der Waals surface area (Å²) in [5, 5.41) is 0. The highest BCUT2D eigenvalue weighted by Crippen LogP contribution is 2.26. The predicted octanol–water partition coefficient (Wildman–Crippen LogP) is 4.50. The highest BCUT2D eigenvalue weighted by atomic mass is 79.9. The normalized spacial score (nSPS) is 10.8. The Hall–Kier alpha value is -0.580. The molecule has 0 spiro atoms. The van der Waals surface area contributed by atoms with E-state index in [-0.39, 0.29) is 0 Å². The van der Waals surface area contributed by atoms with E-state index in [1.165, 1.54) is 5.56 Å². The van der Waals surface area contributed by atoms with E-state index in [1.807, 2.05) is 18.2 Å². The Morgan fingerprint density at radius 1 is 1.18 bits per heavy atom. The first-order valence-corrected chi connectivity index (χ1v) is 6.90. The highest BCUT2D eigenvalue weighted by Gasteiger charge is 2.07. The largest absolute Gasteiger partial charge is 0.356 e. The fourth-order valence-corrected chi connectivity index (χ4v) is 2.63. The topological polar surface area (TPSA) is 14.2 Å². The van der Waals surface area contributed by atoms with E-state index >= 15 is 0 Å². The Morgan fingerprint density at radius 2 is 1.88 bits per heavy atom. The van der Waals surface area contributed by atoms with Crippen molar-refractivity contribution < 1.29 is 4.74 Å². The van der Waals surface area contributed by atoms with Gasteiger partial charge in [-0.1, -0.05) is 30.3 Å². The minimum atomic E-state index is 0.549. The zero-order valence-electron chi connectivity index (χ0n) is 9.49. The van der Waals surface area contributed by atoms with Crippen LogP contribution in [0.4, 0.5) is 0 Å². The number of ether oxygens (including phenoxy) is 1. The van der Waals surface area contributed by atoms with Crippen molar-refractivity contribution in [3.63, 3.8) is 0 Å². The molecule has 0 fully saturated rings. The lowest BCUT2D eigenvalue weighted by Crippen LogP contribution is -2.04. The van der Waals surface area contributed by atoms with Gasteiger partial charge in [0.25, 0.3) is 0 Å². The molecule has 4 heteroatoms. The number of nitrogens with zero attached hydrogens (tertiary/aromatic N) is 1. The highest BCUT2D eigenvalue weighted by molar-refractivity contribution is 9.13. The summed E-state index contributed by atoms with van der Waals surface area (Å²) in [7, 11) is 0. The van der Waals surface area contributed by atoms with Gasteiger partial charge in [-0.25, -0.2) is 0 Å². The molecule has 2 nitrogen and oxygen atoms in total. The van der Waals surface area contributed by atoms with Crippen LogP contribution < -0.4 is 0 Å². The lowest BCUT2D eigenvalue weighted by Gasteiger charge is -2.09. The van der Waals surface area contributed by atoms with Crippen LogP contribution in [0.25, 0.3) is 0 Å². The van der Waals surface area contributed by atoms with Crippen LogP contribution in [0.5, 0.6) is 0 Å². The first kappa shape index (κ1) is 12.9. The van der Waals surface area contributed by atoms with Gasteiger partial charge in [0.05, 0.1) is 11.1 Å². The number of aromatic nitrogens is 1. The zero-order chi connectivity index (χ0) is 12.3. The Bertz CT molecular complexity index is 494. The molecule has 0 saturated carbocycles. The molecule has 1 aromatic carbocycles. The van der Waals surface area contributed by atoms with Gasteiger partial charge >= 0.3 is 0 Å². The molecule has 0 saturated heterocycles. The molecular weight excluding hydrogens is 346 g/mol. The van der Waals surface area contributed by atoms with E-state index in [2.05, 4.69) is 61.5 Å². The molecule has 0 aliphatic heterocycles. The average molecular weight is 359 g/mol. The van der Waals surface area contributed by atoms with Gasteiger partial charge in [0, 0.05) is 5.69 Å². The maximum absolute atomic E-state index is 5.69. The van der Waals surface area contributed by atoms with Crippen molar-refractivity contribution in [1.29, 1.82) is 0 Å². The van der Waals surface area contributed by atoms with E-state index in [9.17, 15) is 0 Å². The monoisotopic (exact) mass is 357 g/mol. The van der Waals surface area contributed by atoms with Gasteiger partial charge in [-0.2, -0.15) is 0 Å². The summed E-state index contributed by atoms with van der Waals surface area (Å²) in [5.74, 6) is 0. The Morgan fingerprint density at radius 3 is 2.47 bits per heavy atom. The number of aryl methyl sites for hydroxylation is 1. The Labute approximate surface area is 118 Å². The third-order valence-electron chi connectivity index (χ3n) is 2.53. The van der Waals surface area contributed by atoms with Crippen molar-refractivity contribution in [3.8, 4) is 0 Å². The third kappa shape index (κ3) is 3.21. The van der Waals surface area contributed by atoms with Gasteiger partial charge in [-0.3, -0.25) is 0 Å². The fourth-order valence-electron chi connectivity index (χ4n) is 1.59. The maximum atomic E-state index is 5.69. The molecule has 17 heavy (non-hydrogen) atoms. The van der Waals surface area contributed by atoms with Crippen molar-refractivity contribution in [2.24, 2.45) is 0 Å². The second-order valence-electron chi connectivity index (χ2n) is 3.82. The van der Waals surface area contributed by atoms with Crippen molar-refractivity contribution >= 4 is 31.9 Å². The van der Waals surface area contributed by atoms with E-state index in [0.29, 0.717) is 13.3 Å². The number of halogens is 2. The van der Waals surface area contributed by atoms with Crippen molar-refractivity contribution in [3.05, 3.63) is 56.7 Å².